The van der Waals surface area contributed by atoms with Gasteiger partial charge in [-0.15, -0.1) is 0 Å². The highest BCUT2D eigenvalue weighted by Gasteiger charge is 2.55. The first-order valence-electron chi connectivity index (χ1n) is 6.95. The normalized spacial score (nSPS) is 38.6. The van der Waals surface area contributed by atoms with E-state index in [9.17, 15) is 5.11 Å². The smallest absolute Gasteiger partial charge is 0.0524 e. The maximum atomic E-state index is 9.28. The molecule has 2 saturated carbocycles. The average molecular weight is 225 g/mol. The molecule has 94 valence electrons. The second kappa shape index (κ2) is 4.66. The first kappa shape index (κ1) is 12.4. The van der Waals surface area contributed by atoms with Crippen molar-refractivity contribution in [2.75, 3.05) is 6.54 Å². The molecule has 0 aromatic heterocycles. The Kier molecular flexibility index (Phi) is 3.60. The topological polar surface area (TPSA) is 32.3 Å². The van der Waals surface area contributed by atoms with Gasteiger partial charge in [-0.2, -0.15) is 0 Å². The van der Waals surface area contributed by atoms with Gasteiger partial charge in [0.05, 0.1) is 6.10 Å². The molecule has 2 fully saturated rings. The maximum absolute atomic E-state index is 9.28. The first-order chi connectivity index (χ1) is 7.53. The largest absolute Gasteiger partial charge is 0.393 e. The van der Waals surface area contributed by atoms with Gasteiger partial charge in [0, 0.05) is 6.04 Å². The van der Waals surface area contributed by atoms with Crippen LogP contribution >= 0.6 is 0 Å². The monoisotopic (exact) mass is 225 g/mol. The van der Waals surface area contributed by atoms with Crippen LogP contribution in [0.15, 0.2) is 0 Å². The van der Waals surface area contributed by atoms with E-state index < -0.39 is 0 Å². The lowest BCUT2D eigenvalue weighted by Gasteiger charge is -2.61. The number of hydrogen-bond donors (Lipinski definition) is 2. The Labute approximate surface area is 99.8 Å². The van der Waals surface area contributed by atoms with E-state index in [0.29, 0.717) is 11.5 Å². The molecule has 0 unspecified atom stereocenters. The lowest BCUT2D eigenvalue weighted by atomic mass is 9.48. The molecular formula is C14H27NO. The van der Waals surface area contributed by atoms with Crippen LogP contribution in [0.25, 0.3) is 0 Å². The molecule has 2 aliphatic rings. The number of hydrogen-bond acceptors (Lipinski definition) is 2. The number of aliphatic hydroxyl groups is 1. The highest BCUT2D eigenvalue weighted by molar-refractivity contribution is 5.08. The van der Waals surface area contributed by atoms with Gasteiger partial charge in [0.2, 0.25) is 0 Å². The molecule has 4 atom stereocenters. The summed E-state index contributed by atoms with van der Waals surface area (Å²) in [5, 5.41) is 13.0. The summed E-state index contributed by atoms with van der Waals surface area (Å²) in [5.74, 6) is 1.86. The Bertz CT molecular complexity index is 237. The van der Waals surface area contributed by atoms with Crippen LogP contribution in [0.4, 0.5) is 0 Å². The molecule has 0 aromatic carbocycles. The van der Waals surface area contributed by atoms with Crippen molar-refractivity contribution in [1.29, 1.82) is 0 Å². The van der Waals surface area contributed by atoms with Crippen molar-refractivity contribution in [3.63, 3.8) is 0 Å². The number of aliphatic hydroxyl groups excluding tert-OH is 1. The van der Waals surface area contributed by atoms with E-state index in [0.717, 1.165) is 24.8 Å². The van der Waals surface area contributed by atoms with Gasteiger partial charge in [0.1, 0.15) is 0 Å². The summed E-state index contributed by atoms with van der Waals surface area (Å²) < 4.78 is 0. The molecular weight excluding hydrogens is 198 g/mol. The quantitative estimate of drug-likeness (QED) is 0.770. The van der Waals surface area contributed by atoms with E-state index in [1.807, 2.05) is 6.92 Å². The van der Waals surface area contributed by atoms with E-state index in [4.69, 9.17) is 0 Å². The van der Waals surface area contributed by atoms with Crippen LogP contribution in [-0.2, 0) is 0 Å². The highest BCUT2D eigenvalue weighted by atomic mass is 16.3. The minimum atomic E-state index is -0.169. The van der Waals surface area contributed by atoms with Crippen LogP contribution in [0, 0.1) is 17.3 Å². The molecule has 2 N–H and O–H groups in total. The predicted molar refractivity (Wildman–Crippen MR) is 67.3 cm³/mol. The molecule has 0 amide bonds. The molecule has 16 heavy (non-hydrogen) atoms. The summed E-state index contributed by atoms with van der Waals surface area (Å²) in [6.45, 7) is 7.67. The molecule has 0 saturated heterocycles. The van der Waals surface area contributed by atoms with Crippen molar-refractivity contribution < 1.29 is 5.11 Å². The fourth-order valence-corrected chi connectivity index (χ4v) is 4.01. The lowest BCUT2D eigenvalue weighted by Crippen LogP contribution is -2.65. The van der Waals surface area contributed by atoms with Crippen molar-refractivity contribution in [2.45, 2.75) is 65.0 Å². The molecule has 0 aliphatic heterocycles. The van der Waals surface area contributed by atoms with Crippen molar-refractivity contribution in [3.8, 4) is 0 Å². The van der Waals surface area contributed by atoms with Crippen LogP contribution in [0.2, 0.25) is 0 Å². The Morgan fingerprint density at radius 2 is 2.00 bits per heavy atom. The number of rotatable bonds is 4. The summed E-state index contributed by atoms with van der Waals surface area (Å²) >= 11 is 0. The van der Waals surface area contributed by atoms with Crippen molar-refractivity contribution in [3.05, 3.63) is 0 Å². The minimum Gasteiger partial charge on any atom is -0.393 e. The van der Waals surface area contributed by atoms with Gasteiger partial charge >= 0.3 is 0 Å². The zero-order chi connectivity index (χ0) is 11.8. The summed E-state index contributed by atoms with van der Waals surface area (Å²) in [4.78, 5) is 0. The van der Waals surface area contributed by atoms with E-state index in [2.05, 4.69) is 19.2 Å². The van der Waals surface area contributed by atoms with Crippen molar-refractivity contribution in [2.24, 2.45) is 17.3 Å². The summed E-state index contributed by atoms with van der Waals surface area (Å²) in [6.07, 6.45) is 6.42. The second-order valence-corrected chi connectivity index (χ2v) is 6.45. The van der Waals surface area contributed by atoms with Crippen LogP contribution < -0.4 is 5.32 Å². The van der Waals surface area contributed by atoms with E-state index in [-0.39, 0.29) is 6.10 Å². The van der Waals surface area contributed by atoms with E-state index >= 15 is 0 Å². The molecule has 2 rings (SSSR count). The molecule has 2 heteroatoms. The predicted octanol–water partition coefficient (Wildman–Crippen LogP) is 2.56. The summed E-state index contributed by atoms with van der Waals surface area (Å²) in [7, 11) is 0. The Balaban J connectivity index is 1.84. The summed E-state index contributed by atoms with van der Waals surface area (Å²) in [5.41, 5.74) is 0.476. The number of nitrogens with one attached hydrogen (secondary N) is 1. The highest BCUT2D eigenvalue weighted by Crippen LogP contribution is 2.57. The van der Waals surface area contributed by atoms with Gasteiger partial charge in [0.25, 0.3) is 0 Å². The molecule has 0 radical (unpaired) electrons. The average Bonchev–Trinajstić information content (AvgIpc) is 2.24. The van der Waals surface area contributed by atoms with Gasteiger partial charge < -0.3 is 10.4 Å². The molecule has 0 aromatic rings. The van der Waals surface area contributed by atoms with Crippen LogP contribution in [0.3, 0.4) is 0 Å². The lowest BCUT2D eigenvalue weighted by molar-refractivity contribution is -0.0879. The third-order valence-corrected chi connectivity index (χ3v) is 4.93. The van der Waals surface area contributed by atoms with Crippen LogP contribution in [-0.4, -0.2) is 23.8 Å². The minimum absolute atomic E-state index is 0.169. The zero-order valence-corrected chi connectivity index (χ0v) is 11.0. The molecule has 0 bridgehead atoms. The second-order valence-electron chi connectivity index (χ2n) is 6.45. The fraction of sp³-hybridized carbons (Fsp3) is 1.00. The Morgan fingerprint density at radius 3 is 2.69 bits per heavy atom. The third kappa shape index (κ3) is 2.14. The summed E-state index contributed by atoms with van der Waals surface area (Å²) in [6, 6.07) is 0.691. The third-order valence-electron chi connectivity index (χ3n) is 4.93. The zero-order valence-electron chi connectivity index (χ0n) is 11.0. The molecule has 0 heterocycles. The number of fused-ring (bicyclic) bond motifs is 1. The molecule has 2 nitrogen and oxygen atoms in total. The van der Waals surface area contributed by atoms with E-state index in [1.54, 1.807) is 0 Å². The van der Waals surface area contributed by atoms with Crippen molar-refractivity contribution >= 4 is 0 Å². The Hall–Kier alpha value is -0.0800. The maximum Gasteiger partial charge on any atom is 0.0524 e. The van der Waals surface area contributed by atoms with Crippen molar-refractivity contribution in [1.82, 2.24) is 5.32 Å². The fourth-order valence-electron chi connectivity index (χ4n) is 4.01. The molecule has 0 spiro atoms. The van der Waals surface area contributed by atoms with Gasteiger partial charge in [-0.1, -0.05) is 26.7 Å². The molecule has 2 aliphatic carbocycles. The van der Waals surface area contributed by atoms with Gasteiger partial charge in [-0.3, -0.25) is 0 Å². The van der Waals surface area contributed by atoms with Gasteiger partial charge in [-0.05, 0) is 50.0 Å². The first-order valence-corrected chi connectivity index (χ1v) is 6.95. The van der Waals surface area contributed by atoms with Gasteiger partial charge in [0.15, 0.2) is 0 Å². The van der Waals surface area contributed by atoms with Crippen LogP contribution in [0.5, 0.6) is 0 Å². The Morgan fingerprint density at radius 1 is 1.31 bits per heavy atom. The standard InChI is InChI=1S/C14H27NO/c1-10(16)8-9-15-13-11-6-4-5-7-12(11)14(13,2)3/h10-13,15-16H,4-9H2,1-3H3/t10-,11-,12+,13+/m1/s1. The van der Waals surface area contributed by atoms with Gasteiger partial charge in [-0.25, -0.2) is 0 Å². The SMILES string of the molecule is C[C@@H](O)CCN[C@H]1[C@@H]2CCCC[C@@H]2C1(C)C. The van der Waals surface area contributed by atoms with E-state index in [1.165, 1.54) is 25.7 Å². The van der Waals surface area contributed by atoms with Crippen LogP contribution in [0.1, 0.15) is 52.9 Å².